The molecule has 1 aliphatic rings. The highest BCUT2D eigenvalue weighted by molar-refractivity contribution is 7.52. The van der Waals surface area contributed by atoms with Crippen molar-refractivity contribution in [3.63, 3.8) is 0 Å². The van der Waals surface area contributed by atoms with Gasteiger partial charge in [0, 0.05) is 11.1 Å². The van der Waals surface area contributed by atoms with Gasteiger partial charge in [-0.25, -0.2) is 14.0 Å². The number of carbonyl (C=O) groups excluding carboxylic acids is 1. The van der Waals surface area contributed by atoms with E-state index in [0.29, 0.717) is 0 Å². The topological polar surface area (TPSA) is 65.1 Å². The van der Waals surface area contributed by atoms with Gasteiger partial charge in [-0.1, -0.05) is 74.5 Å². The zero-order valence-corrected chi connectivity index (χ0v) is 18.2. The number of cyclic esters (lactones) is 1. The highest BCUT2D eigenvalue weighted by Gasteiger charge is 2.63. The van der Waals surface area contributed by atoms with Crippen LogP contribution in [-0.2, 0) is 24.0 Å². The van der Waals surface area contributed by atoms with Gasteiger partial charge in [0.25, 0.3) is 0 Å². The summed E-state index contributed by atoms with van der Waals surface area (Å²) in [5, 5.41) is 0. The highest BCUT2D eigenvalue weighted by atomic mass is 31.2. The molecule has 1 saturated heterocycles. The molecule has 1 aliphatic heterocycles. The lowest BCUT2D eigenvalue weighted by Gasteiger charge is -2.39. The lowest BCUT2D eigenvalue weighted by molar-refractivity contribution is 0.0555. The molecule has 3 rings (SSSR count). The van der Waals surface area contributed by atoms with E-state index in [1.807, 2.05) is 74.5 Å². The standard InChI is InChI=1S/C22H28NO5P/c1-5-26-29(25,27-6-2)23-20(17(3)4)22(28-21(23)24,18-13-9-7-10-14-18)19-15-11-8-12-16-19/h7-17,20H,5-6H2,1-4H3/t20-/m0/s1. The number of hydrogen-bond donors (Lipinski definition) is 0. The van der Waals surface area contributed by atoms with E-state index in [1.54, 1.807) is 13.8 Å². The zero-order chi connectivity index (χ0) is 21.1. The van der Waals surface area contributed by atoms with E-state index in [0.717, 1.165) is 11.1 Å². The van der Waals surface area contributed by atoms with E-state index in [-0.39, 0.29) is 19.1 Å². The van der Waals surface area contributed by atoms with Gasteiger partial charge in [0.1, 0.15) is 0 Å². The monoisotopic (exact) mass is 417 g/mol. The molecule has 29 heavy (non-hydrogen) atoms. The molecule has 0 aromatic heterocycles. The fourth-order valence-corrected chi connectivity index (χ4v) is 5.97. The normalized spacial score (nSPS) is 18.9. The van der Waals surface area contributed by atoms with Crippen molar-refractivity contribution in [2.75, 3.05) is 13.2 Å². The minimum Gasteiger partial charge on any atom is -0.430 e. The number of nitrogens with zero attached hydrogens (tertiary/aromatic N) is 1. The number of carbonyl (C=O) groups is 1. The fourth-order valence-electron chi connectivity index (χ4n) is 4.02. The maximum absolute atomic E-state index is 13.7. The Kier molecular flexibility index (Phi) is 6.47. The van der Waals surface area contributed by atoms with Gasteiger partial charge in [-0.15, -0.1) is 0 Å². The second-order valence-electron chi connectivity index (χ2n) is 7.17. The molecule has 2 aromatic carbocycles. The number of benzene rings is 2. The Balaban J connectivity index is 2.27. The molecule has 1 fully saturated rings. The maximum atomic E-state index is 13.7. The summed E-state index contributed by atoms with van der Waals surface area (Å²) < 4.78 is 32.0. The molecule has 0 spiro atoms. The van der Waals surface area contributed by atoms with Crippen LogP contribution in [-0.4, -0.2) is 30.0 Å². The van der Waals surface area contributed by atoms with Gasteiger partial charge in [0.05, 0.1) is 19.3 Å². The van der Waals surface area contributed by atoms with Crippen LogP contribution in [0.3, 0.4) is 0 Å². The van der Waals surface area contributed by atoms with Gasteiger partial charge in [0.15, 0.2) is 5.60 Å². The van der Waals surface area contributed by atoms with Crippen molar-refractivity contribution in [1.82, 2.24) is 4.67 Å². The average Bonchev–Trinajstić information content (AvgIpc) is 3.05. The zero-order valence-electron chi connectivity index (χ0n) is 17.3. The molecule has 1 heterocycles. The maximum Gasteiger partial charge on any atom is 0.440 e. The molecule has 0 N–H and O–H groups in total. The van der Waals surface area contributed by atoms with Crippen molar-refractivity contribution in [3.8, 4) is 0 Å². The summed E-state index contributed by atoms with van der Waals surface area (Å²) in [7, 11) is -3.90. The van der Waals surface area contributed by atoms with Crippen LogP contribution in [0.25, 0.3) is 0 Å². The lowest BCUT2D eigenvalue weighted by atomic mass is 9.76. The minimum atomic E-state index is -3.90. The van der Waals surface area contributed by atoms with Gasteiger partial charge in [-0.3, -0.25) is 9.05 Å². The number of hydrogen-bond acceptors (Lipinski definition) is 5. The first-order chi connectivity index (χ1) is 13.9. The van der Waals surface area contributed by atoms with Crippen molar-refractivity contribution >= 4 is 13.8 Å². The summed E-state index contributed by atoms with van der Waals surface area (Å²) in [6, 6.07) is 18.5. The summed E-state index contributed by atoms with van der Waals surface area (Å²) in [4.78, 5) is 13.2. The molecule has 7 heteroatoms. The Hall–Kier alpha value is -2.14. The first-order valence-corrected chi connectivity index (χ1v) is 11.4. The largest absolute Gasteiger partial charge is 0.440 e. The molecule has 156 valence electrons. The first-order valence-electron chi connectivity index (χ1n) is 9.93. The molecule has 1 amide bonds. The van der Waals surface area contributed by atoms with Crippen LogP contribution in [0.4, 0.5) is 4.79 Å². The molecule has 6 nitrogen and oxygen atoms in total. The molecule has 1 atom stereocenters. The smallest absolute Gasteiger partial charge is 0.430 e. The van der Waals surface area contributed by atoms with Crippen LogP contribution >= 0.6 is 7.75 Å². The quantitative estimate of drug-likeness (QED) is 0.524. The van der Waals surface area contributed by atoms with Crippen LogP contribution in [0.5, 0.6) is 0 Å². The lowest BCUT2D eigenvalue weighted by Crippen LogP contribution is -2.47. The summed E-state index contributed by atoms with van der Waals surface area (Å²) in [5.74, 6) is -0.101. The molecular formula is C22H28NO5P. The van der Waals surface area contributed by atoms with Gasteiger partial charge in [0.2, 0.25) is 0 Å². The average molecular weight is 417 g/mol. The summed E-state index contributed by atoms with van der Waals surface area (Å²) in [6.07, 6.45) is -0.707. The summed E-state index contributed by atoms with van der Waals surface area (Å²) in [5.41, 5.74) is 0.470. The van der Waals surface area contributed by atoms with Crippen molar-refractivity contribution in [2.24, 2.45) is 5.92 Å². The third kappa shape index (κ3) is 3.73. The van der Waals surface area contributed by atoms with Crippen molar-refractivity contribution in [3.05, 3.63) is 71.8 Å². The number of ether oxygens (including phenoxy) is 1. The second kappa shape index (κ2) is 8.70. The minimum absolute atomic E-state index is 0.101. The molecule has 0 bridgehead atoms. The predicted molar refractivity (Wildman–Crippen MR) is 111 cm³/mol. The van der Waals surface area contributed by atoms with E-state index in [1.165, 1.54) is 4.67 Å². The van der Waals surface area contributed by atoms with E-state index in [9.17, 15) is 9.36 Å². The Morgan fingerprint density at radius 3 is 1.79 bits per heavy atom. The fraction of sp³-hybridized carbons (Fsp3) is 0.409. The molecule has 2 aromatic rings. The van der Waals surface area contributed by atoms with E-state index < -0.39 is 25.5 Å². The van der Waals surface area contributed by atoms with Crippen LogP contribution in [0.2, 0.25) is 0 Å². The van der Waals surface area contributed by atoms with Crippen LogP contribution in [0.1, 0.15) is 38.8 Å². The first kappa shape index (κ1) is 21.6. The van der Waals surface area contributed by atoms with Crippen LogP contribution in [0.15, 0.2) is 60.7 Å². The number of amides is 1. The second-order valence-corrected chi connectivity index (χ2v) is 9.06. The summed E-state index contributed by atoms with van der Waals surface area (Å²) >= 11 is 0. The Bertz CT molecular complexity index is 822. The van der Waals surface area contributed by atoms with Crippen molar-refractivity contribution in [2.45, 2.75) is 39.3 Å². The van der Waals surface area contributed by atoms with E-state index in [2.05, 4.69) is 0 Å². The van der Waals surface area contributed by atoms with E-state index >= 15 is 0 Å². The molecule has 0 unspecified atom stereocenters. The molecule has 0 saturated carbocycles. The van der Waals surface area contributed by atoms with Gasteiger partial charge < -0.3 is 4.74 Å². The van der Waals surface area contributed by atoms with Gasteiger partial charge in [-0.2, -0.15) is 0 Å². The van der Waals surface area contributed by atoms with Gasteiger partial charge in [-0.05, 0) is 19.8 Å². The third-order valence-corrected chi connectivity index (χ3v) is 7.11. The predicted octanol–water partition coefficient (Wildman–Crippen LogP) is 5.59. The Labute approximate surface area is 172 Å². The molecular weight excluding hydrogens is 389 g/mol. The highest BCUT2D eigenvalue weighted by Crippen LogP contribution is 2.61. The SMILES string of the molecule is CCOP(=O)(OCC)N1C(=O)OC(c2ccccc2)(c2ccccc2)[C@@H]1C(C)C. The third-order valence-electron chi connectivity index (χ3n) is 5.00. The van der Waals surface area contributed by atoms with Crippen LogP contribution < -0.4 is 0 Å². The van der Waals surface area contributed by atoms with Gasteiger partial charge >= 0.3 is 13.8 Å². The summed E-state index contributed by atoms with van der Waals surface area (Å²) in [6.45, 7) is 7.69. The van der Waals surface area contributed by atoms with E-state index in [4.69, 9.17) is 13.8 Å². The van der Waals surface area contributed by atoms with Crippen molar-refractivity contribution < 1.29 is 23.1 Å². The Morgan fingerprint density at radius 1 is 0.966 bits per heavy atom. The van der Waals surface area contributed by atoms with Crippen molar-refractivity contribution in [1.29, 1.82) is 0 Å². The number of rotatable bonds is 8. The molecule has 0 aliphatic carbocycles. The Morgan fingerprint density at radius 2 is 1.41 bits per heavy atom. The van der Waals surface area contributed by atoms with Crippen LogP contribution in [0, 0.1) is 5.92 Å². The molecule has 0 radical (unpaired) electrons.